The SMILES string of the molecule is CCOC(=O)c1c(NC(=O)CCCOc2ccc(Cl)cc2Cl)sc(C(=O)Nc2ccccc2)c1C. The maximum Gasteiger partial charge on any atom is 0.341 e. The maximum absolute atomic E-state index is 12.9. The van der Waals surface area contributed by atoms with Crippen LogP contribution in [0.15, 0.2) is 48.5 Å². The lowest BCUT2D eigenvalue weighted by Gasteiger charge is -2.09. The van der Waals surface area contributed by atoms with E-state index in [4.69, 9.17) is 32.7 Å². The van der Waals surface area contributed by atoms with Gasteiger partial charge in [0.05, 0.1) is 28.7 Å². The van der Waals surface area contributed by atoms with Gasteiger partial charge in [-0.25, -0.2) is 4.79 Å². The minimum atomic E-state index is -0.601. The summed E-state index contributed by atoms with van der Waals surface area (Å²) in [4.78, 5) is 38.4. The predicted octanol–water partition coefficient (Wildman–Crippen LogP) is 6.59. The van der Waals surface area contributed by atoms with Crippen molar-refractivity contribution in [1.82, 2.24) is 0 Å². The van der Waals surface area contributed by atoms with Crippen LogP contribution in [0.2, 0.25) is 10.0 Å². The number of benzene rings is 2. The first kappa shape index (κ1) is 26.5. The molecule has 2 amide bonds. The summed E-state index contributed by atoms with van der Waals surface area (Å²) < 4.78 is 10.8. The van der Waals surface area contributed by atoms with Crippen LogP contribution >= 0.6 is 34.5 Å². The fourth-order valence-electron chi connectivity index (χ4n) is 3.17. The lowest BCUT2D eigenvalue weighted by atomic mass is 10.1. The van der Waals surface area contributed by atoms with Gasteiger partial charge in [0, 0.05) is 17.1 Å². The minimum Gasteiger partial charge on any atom is -0.492 e. The van der Waals surface area contributed by atoms with Gasteiger partial charge in [0.15, 0.2) is 0 Å². The third-order valence-corrected chi connectivity index (χ3v) is 6.55. The summed E-state index contributed by atoms with van der Waals surface area (Å²) in [6.45, 7) is 3.77. The van der Waals surface area contributed by atoms with E-state index in [1.807, 2.05) is 6.07 Å². The Balaban J connectivity index is 1.67. The van der Waals surface area contributed by atoms with Crippen molar-refractivity contribution in [1.29, 1.82) is 0 Å². The standard InChI is InChI=1S/C25H24Cl2N2O5S/c1-3-33-25(32)21-15(2)22(23(31)28-17-8-5-4-6-9-17)35-24(21)29-20(30)10-7-13-34-19-12-11-16(26)14-18(19)27/h4-6,8-9,11-12,14H,3,7,10,13H2,1-2H3,(H,28,31)(H,29,30). The molecule has 0 spiro atoms. The lowest BCUT2D eigenvalue weighted by Crippen LogP contribution is -2.15. The van der Waals surface area contributed by atoms with Gasteiger partial charge in [-0.2, -0.15) is 0 Å². The zero-order valence-corrected chi connectivity index (χ0v) is 21.5. The Kier molecular flexibility index (Phi) is 9.54. The number of carbonyl (C=O) groups is 3. The molecule has 0 radical (unpaired) electrons. The van der Waals surface area contributed by atoms with Crippen LogP contribution in [0.1, 0.15) is 45.4 Å². The van der Waals surface area contributed by atoms with Crippen LogP contribution in [-0.2, 0) is 9.53 Å². The summed E-state index contributed by atoms with van der Waals surface area (Å²) in [5.41, 5.74) is 1.24. The van der Waals surface area contributed by atoms with E-state index >= 15 is 0 Å². The zero-order chi connectivity index (χ0) is 25.4. The van der Waals surface area contributed by atoms with Crippen LogP contribution in [0.25, 0.3) is 0 Å². The molecule has 35 heavy (non-hydrogen) atoms. The van der Waals surface area contributed by atoms with E-state index in [0.717, 1.165) is 11.3 Å². The van der Waals surface area contributed by atoms with E-state index in [1.165, 1.54) is 0 Å². The van der Waals surface area contributed by atoms with Crippen molar-refractivity contribution >= 4 is 63.0 Å². The Morgan fingerprint density at radius 3 is 2.46 bits per heavy atom. The van der Waals surface area contributed by atoms with Gasteiger partial charge >= 0.3 is 5.97 Å². The highest BCUT2D eigenvalue weighted by Crippen LogP contribution is 2.34. The number of carbonyl (C=O) groups excluding carboxylic acids is 3. The molecular formula is C25H24Cl2N2O5S. The van der Waals surface area contributed by atoms with Gasteiger partial charge < -0.3 is 20.1 Å². The van der Waals surface area contributed by atoms with Crippen LogP contribution < -0.4 is 15.4 Å². The van der Waals surface area contributed by atoms with Crippen LogP contribution in [0.4, 0.5) is 10.7 Å². The van der Waals surface area contributed by atoms with Gasteiger partial charge in [-0.05, 0) is 56.2 Å². The van der Waals surface area contributed by atoms with Gasteiger partial charge in [-0.3, -0.25) is 9.59 Å². The monoisotopic (exact) mass is 534 g/mol. The summed E-state index contributed by atoms with van der Waals surface area (Å²) in [6.07, 6.45) is 0.543. The van der Waals surface area contributed by atoms with Gasteiger partial charge in [0.1, 0.15) is 10.8 Å². The van der Waals surface area contributed by atoms with Crippen LogP contribution in [0.5, 0.6) is 5.75 Å². The van der Waals surface area contributed by atoms with Gasteiger partial charge in [-0.15, -0.1) is 11.3 Å². The summed E-state index contributed by atoms with van der Waals surface area (Å²) >= 11 is 13.0. The third kappa shape index (κ3) is 7.21. The topological polar surface area (TPSA) is 93.7 Å². The Labute approximate surface area is 217 Å². The fraction of sp³-hybridized carbons (Fsp3) is 0.240. The molecule has 7 nitrogen and oxygen atoms in total. The second-order valence-corrected chi connectivity index (χ2v) is 9.24. The van der Waals surface area contributed by atoms with Crippen molar-refractivity contribution in [3.63, 3.8) is 0 Å². The smallest absolute Gasteiger partial charge is 0.341 e. The highest BCUT2D eigenvalue weighted by molar-refractivity contribution is 7.18. The fourth-order valence-corrected chi connectivity index (χ4v) is 4.74. The van der Waals surface area contributed by atoms with Crippen molar-refractivity contribution in [3.8, 4) is 5.75 Å². The number of hydrogen-bond donors (Lipinski definition) is 2. The molecule has 184 valence electrons. The van der Waals surface area contributed by atoms with E-state index < -0.39 is 5.97 Å². The molecule has 3 rings (SSSR count). The normalized spacial score (nSPS) is 10.5. The number of ether oxygens (including phenoxy) is 2. The number of halogens is 2. The van der Waals surface area contributed by atoms with E-state index in [1.54, 1.807) is 56.3 Å². The number of thiophene rings is 1. The van der Waals surface area contributed by atoms with Gasteiger partial charge in [-0.1, -0.05) is 41.4 Å². The summed E-state index contributed by atoms with van der Waals surface area (Å²) in [7, 11) is 0. The number of amides is 2. The Hall–Kier alpha value is -3.07. The number of hydrogen-bond acceptors (Lipinski definition) is 6. The highest BCUT2D eigenvalue weighted by Gasteiger charge is 2.26. The van der Waals surface area contributed by atoms with Crippen LogP contribution in [-0.4, -0.2) is 31.0 Å². The van der Waals surface area contributed by atoms with E-state index in [-0.39, 0.29) is 42.0 Å². The van der Waals surface area contributed by atoms with Crippen molar-refractivity contribution in [2.45, 2.75) is 26.7 Å². The number of esters is 1. The molecule has 0 saturated carbocycles. The highest BCUT2D eigenvalue weighted by atomic mass is 35.5. The van der Waals surface area contributed by atoms with Crippen LogP contribution in [0, 0.1) is 6.92 Å². The second-order valence-electron chi connectivity index (χ2n) is 7.38. The molecule has 2 aromatic carbocycles. The van der Waals surface area contributed by atoms with Gasteiger partial charge in [0.2, 0.25) is 5.91 Å². The van der Waals surface area contributed by atoms with E-state index in [0.29, 0.717) is 38.3 Å². The summed E-state index contributed by atoms with van der Waals surface area (Å²) in [6, 6.07) is 13.9. The largest absolute Gasteiger partial charge is 0.492 e. The third-order valence-electron chi connectivity index (χ3n) is 4.82. The molecule has 0 saturated heterocycles. The Morgan fingerprint density at radius 2 is 1.77 bits per heavy atom. The molecule has 0 aliphatic heterocycles. The first-order valence-electron chi connectivity index (χ1n) is 10.8. The van der Waals surface area contributed by atoms with Crippen LogP contribution in [0.3, 0.4) is 0 Å². The number of anilines is 2. The summed E-state index contributed by atoms with van der Waals surface area (Å²) in [5.74, 6) is -0.823. The van der Waals surface area contributed by atoms with Crippen molar-refractivity contribution in [2.24, 2.45) is 0 Å². The average Bonchev–Trinajstić information content (AvgIpc) is 3.14. The Morgan fingerprint density at radius 1 is 1.03 bits per heavy atom. The van der Waals surface area contributed by atoms with Crippen molar-refractivity contribution in [3.05, 3.63) is 74.6 Å². The molecule has 0 aliphatic carbocycles. The van der Waals surface area contributed by atoms with E-state index in [9.17, 15) is 14.4 Å². The maximum atomic E-state index is 12.9. The first-order valence-corrected chi connectivity index (χ1v) is 12.4. The molecule has 3 aromatic rings. The predicted molar refractivity (Wildman–Crippen MR) is 139 cm³/mol. The molecule has 1 heterocycles. The number of rotatable bonds is 10. The van der Waals surface area contributed by atoms with E-state index in [2.05, 4.69) is 10.6 Å². The molecule has 0 bridgehead atoms. The number of para-hydroxylation sites is 1. The quantitative estimate of drug-likeness (QED) is 0.226. The lowest BCUT2D eigenvalue weighted by molar-refractivity contribution is -0.116. The van der Waals surface area contributed by atoms with Crippen molar-refractivity contribution in [2.75, 3.05) is 23.8 Å². The zero-order valence-electron chi connectivity index (χ0n) is 19.2. The molecule has 0 aliphatic rings. The minimum absolute atomic E-state index is 0.135. The van der Waals surface area contributed by atoms with Gasteiger partial charge in [0.25, 0.3) is 5.91 Å². The number of nitrogens with one attached hydrogen (secondary N) is 2. The second kappa shape index (κ2) is 12.6. The average molecular weight is 535 g/mol. The molecule has 0 unspecified atom stereocenters. The summed E-state index contributed by atoms with van der Waals surface area (Å²) in [5, 5.41) is 6.70. The molecule has 10 heteroatoms. The first-order chi connectivity index (χ1) is 16.8. The molecule has 0 fully saturated rings. The molecular weight excluding hydrogens is 511 g/mol. The molecule has 2 N–H and O–H groups in total. The van der Waals surface area contributed by atoms with Crippen molar-refractivity contribution < 1.29 is 23.9 Å². The molecule has 1 aromatic heterocycles. The molecule has 0 atom stereocenters. The Bertz CT molecular complexity index is 1210.